The highest BCUT2D eigenvalue weighted by atomic mass is 19.3. The molecule has 28 heavy (non-hydrogen) atoms. The van der Waals surface area contributed by atoms with Crippen LogP contribution in [0.1, 0.15) is 29.9 Å². The van der Waals surface area contributed by atoms with Crippen molar-refractivity contribution in [1.29, 1.82) is 0 Å². The molecule has 1 amide bonds. The monoisotopic (exact) mass is 387 g/mol. The molecular formula is C22H23F2NO3. The minimum atomic E-state index is -2.98. The summed E-state index contributed by atoms with van der Waals surface area (Å²) in [5.74, 6) is 0.432. The number of piperidine rings is 1. The molecule has 0 N–H and O–H groups in total. The average Bonchev–Trinajstić information content (AvgIpc) is 2.73. The second-order valence-corrected chi connectivity index (χ2v) is 6.60. The van der Waals surface area contributed by atoms with Gasteiger partial charge in [-0.15, -0.1) is 0 Å². The van der Waals surface area contributed by atoms with Gasteiger partial charge in [0.2, 0.25) is 5.91 Å². The van der Waals surface area contributed by atoms with E-state index in [1.165, 1.54) is 30.9 Å². The molecule has 0 saturated carbocycles. The van der Waals surface area contributed by atoms with Crippen molar-refractivity contribution in [1.82, 2.24) is 4.90 Å². The van der Waals surface area contributed by atoms with E-state index in [2.05, 4.69) is 16.9 Å². The Balaban J connectivity index is 1.65. The number of hydrogen-bond donors (Lipinski definition) is 0. The topological polar surface area (TPSA) is 38.8 Å². The number of rotatable bonds is 6. The average molecular weight is 387 g/mol. The molecule has 1 heterocycles. The highest BCUT2D eigenvalue weighted by Crippen LogP contribution is 2.33. The van der Waals surface area contributed by atoms with Gasteiger partial charge in [-0.1, -0.05) is 42.5 Å². The van der Waals surface area contributed by atoms with E-state index in [1.807, 2.05) is 18.2 Å². The number of benzene rings is 2. The van der Waals surface area contributed by atoms with E-state index in [-0.39, 0.29) is 17.4 Å². The SMILES string of the molecule is COc1cccc(/C=C/C(=O)N2CCC(c3ccccc3)CC2)c1OC(F)F. The zero-order valence-corrected chi connectivity index (χ0v) is 15.7. The van der Waals surface area contributed by atoms with Gasteiger partial charge in [-0.2, -0.15) is 8.78 Å². The van der Waals surface area contributed by atoms with Crippen LogP contribution in [0.5, 0.6) is 11.5 Å². The first-order chi connectivity index (χ1) is 13.6. The van der Waals surface area contributed by atoms with Crippen molar-refractivity contribution in [3.05, 3.63) is 65.7 Å². The van der Waals surface area contributed by atoms with Gasteiger partial charge in [-0.3, -0.25) is 4.79 Å². The Morgan fingerprint density at radius 3 is 2.46 bits per heavy atom. The maximum absolute atomic E-state index is 12.7. The molecule has 4 nitrogen and oxygen atoms in total. The van der Waals surface area contributed by atoms with Gasteiger partial charge in [0.05, 0.1) is 7.11 Å². The number of amides is 1. The van der Waals surface area contributed by atoms with Crippen molar-refractivity contribution in [3.63, 3.8) is 0 Å². The Morgan fingerprint density at radius 2 is 1.82 bits per heavy atom. The largest absolute Gasteiger partial charge is 0.493 e. The predicted octanol–water partition coefficient (Wildman–Crippen LogP) is 4.72. The second-order valence-electron chi connectivity index (χ2n) is 6.60. The number of ether oxygens (including phenoxy) is 2. The molecule has 1 aliphatic heterocycles. The fourth-order valence-corrected chi connectivity index (χ4v) is 3.46. The molecular weight excluding hydrogens is 364 g/mol. The minimum absolute atomic E-state index is 0.0770. The summed E-state index contributed by atoms with van der Waals surface area (Å²) in [6, 6.07) is 15.1. The zero-order valence-electron chi connectivity index (χ0n) is 15.7. The Hall–Kier alpha value is -2.89. The third-order valence-electron chi connectivity index (χ3n) is 4.92. The minimum Gasteiger partial charge on any atom is -0.493 e. The van der Waals surface area contributed by atoms with Gasteiger partial charge in [0.25, 0.3) is 0 Å². The summed E-state index contributed by atoms with van der Waals surface area (Å²) < 4.78 is 35.1. The molecule has 0 aromatic heterocycles. The maximum Gasteiger partial charge on any atom is 0.387 e. The number of nitrogens with zero attached hydrogens (tertiary/aromatic N) is 1. The number of hydrogen-bond acceptors (Lipinski definition) is 3. The van der Waals surface area contributed by atoms with Gasteiger partial charge in [0, 0.05) is 24.7 Å². The first-order valence-electron chi connectivity index (χ1n) is 9.22. The molecule has 3 rings (SSSR count). The lowest BCUT2D eigenvalue weighted by molar-refractivity contribution is -0.126. The summed E-state index contributed by atoms with van der Waals surface area (Å²) in [5, 5.41) is 0. The van der Waals surface area contributed by atoms with Crippen molar-refractivity contribution in [2.75, 3.05) is 20.2 Å². The van der Waals surface area contributed by atoms with E-state index >= 15 is 0 Å². The molecule has 0 unspecified atom stereocenters. The van der Waals surface area contributed by atoms with Crippen LogP contribution in [0.4, 0.5) is 8.78 Å². The summed E-state index contributed by atoms with van der Waals surface area (Å²) in [5.41, 5.74) is 1.67. The van der Waals surface area contributed by atoms with Crippen molar-refractivity contribution in [2.45, 2.75) is 25.4 Å². The first kappa shape index (κ1) is 19.9. The van der Waals surface area contributed by atoms with Crippen LogP contribution in [0, 0.1) is 0 Å². The van der Waals surface area contributed by atoms with Crippen LogP contribution >= 0.6 is 0 Å². The highest BCUT2D eigenvalue weighted by molar-refractivity contribution is 5.92. The molecule has 148 valence electrons. The van der Waals surface area contributed by atoms with Crippen LogP contribution in [0.3, 0.4) is 0 Å². The van der Waals surface area contributed by atoms with Crippen molar-refractivity contribution in [2.24, 2.45) is 0 Å². The summed E-state index contributed by atoms with van der Waals surface area (Å²) in [7, 11) is 1.38. The maximum atomic E-state index is 12.7. The van der Waals surface area contributed by atoms with E-state index < -0.39 is 6.61 Å². The summed E-state index contributed by atoms with van der Waals surface area (Å²) in [6.07, 6.45) is 4.70. The Kier molecular flexibility index (Phi) is 6.63. The Bertz CT molecular complexity index is 816. The van der Waals surface area contributed by atoms with Gasteiger partial charge in [0.15, 0.2) is 11.5 Å². The van der Waals surface area contributed by atoms with Gasteiger partial charge < -0.3 is 14.4 Å². The third kappa shape index (κ3) is 4.88. The van der Waals surface area contributed by atoms with E-state index in [1.54, 1.807) is 17.0 Å². The number of carbonyl (C=O) groups is 1. The number of halogens is 2. The highest BCUT2D eigenvalue weighted by Gasteiger charge is 2.22. The molecule has 0 bridgehead atoms. The quantitative estimate of drug-likeness (QED) is 0.674. The number of alkyl halides is 2. The van der Waals surface area contributed by atoms with E-state index in [9.17, 15) is 13.6 Å². The predicted molar refractivity (Wildman–Crippen MR) is 104 cm³/mol. The fourth-order valence-electron chi connectivity index (χ4n) is 3.46. The number of methoxy groups -OCH3 is 1. The van der Waals surface area contributed by atoms with Crippen LogP contribution in [-0.4, -0.2) is 37.6 Å². The van der Waals surface area contributed by atoms with Crippen LogP contribution in [0.25, 0.3) is 6.08 Å². The lowest BCUT2D eigenvalue weighted by atomic mass is 9.89. The second kappa shape index (κ2) is 9.35. The molecule has 1 aliphatic rings. The lowest BCUT2D eigenvalue weighted by Crippen LogP contribution is -2.36. The first-order valence-corrected chi connectivity index (χ1v) is 9.22. The number of carbonyl (C=O) groups excluding carboxylic acids is 1. The zero-order chi connectivity index (χ0) is 19.9. The van der Waals surface area contributed by atoms with E-state index in [0.717, 1.165) is 12.8 Å². The van der Waals surface area contributed by atoms with Crippen molar-refractivity contribution in [3.8, 4) is 11.5 Å². The Labute approximate surface area is 163 Å². The van der Waals surface area contributed by atoms with Crippen molar-refractivity contribution < 1.29 is 23.0 Å². The van der Waals surface area contributed by atoms with E-state index in [0.29, 0.717) is 24.6 Å². The fraction of sp³-hybridized carbons (Fsp3) is 0.318. The van der Waals surface area contributed by atoms with Crippen LogP contribution in [0.2, 0.25) is 0 Å². The number of likely N-dealkylation sites (tertiary alicyclic amines) is 1. The van der Waals surface area contributed by atoms with Gasteiger partial charge in [-0.05, 0) is 36.5 Å². The normalized spacial score (nSPS) is 15.2. The molecule has 2 aromatic rings. The summed E-state index contributed by atoms with van der Waals surface area (Å²) >= 11 is 0. The molecule has 0 atom stereocenters. The summed E-state index contributed by atoms with van der Waals surface area (Å²) in [6.45, 7) is -1.64. The van der Waals surface area contributed by atoms with Gasteiger partial charge >= 0.3 is 6.61 Å². The lowest BCUT2D eigenvalue weighted by Gasteiger charge is -2.31. The molecule has 2 aromatic carbocycles. The third-order valence-corrected chi connectivity index (χ3v) is 4.92. The molecule has 1 fully saturated rings. The van der Waals surface area contributed by atoms with Gasteiger partial charge in [-0.25, -0.2) is 0 Å². The molecule has 0 aliphatic carbocycles. The van der Waals surface area contributed by atoms with Crippen LogP contribution in [0.15, 0.2) is 54.6 Å². The summed E-state index contributed by atoms with van der Waals surface area (Å²) in [4.78, 5) is 14.3. The van der Waals surface area contributed by atoms with Crippen LogP contribution < -0.4 is 9.47 Å². The molecule has 6 heteroatoms. The standard InChI is InChI=1S/C22H23F2NO3/c1-27-19-9-5-8-18(21(19)28-22(23)24)10-11-20(26)25-14-12-17(13-15-25)16-6-3-2-4-7-16/h2-11,17,22H,12-15H2,1H3/b11-10+. The van der Waals surface area contributed by atoms with Crippen LogP contribution in [-0.2, 0) is 4.79 Å². The smallest absolute Gasteiger partial charge is 0.387 e. The van der Waals surface area contributed by atoms with Crippen molar-refractivity contribution >= 4 is 12.0 Å². The molecule has 0 spiro atoms. The van der Waals surface area contributed by atoms with Gasteiger partial charge in [0.1, 0.15) is 0 Å². The molecule has 0 radical (unpaired) electrons. The van der Waals surface area contributed by atoms with E-state index in [4.69, 9.17) is 4.74 Å². The molecule has 1 saturated heterocycles. The number of para-hydroxylation sites is 1. The Morgan fingerprint density at radius 1 is 1.11 bits per heavy atom.